The molecule has 1 saturated carbocycles. The monoisotopic (exact) mass is 306 g/mol. The molecule has 0 radical (unpaired) electrons. The lowest BCUT2D eigenvalue weighted by atomic mass is 9.80. The molecule has 2 nitrogen and oxygen atoms in total. The van der Waals surface area contributed by atoms with Crippen molar-refractivity contribution in [3.05, 3.63) is 34.6 Å². The van der Waals surface area contributed by atoms with E-state index in [1.165, 1.54) is 6.07 Å². The molecule has 0 heterocycles. The van der Waals surface area contributed by atoms with E-state index in [0.717, 1.165) is 0 Å². The third kappa shape index (κ3) is 3.65. The third-order valence-electron chi connectivity index (χ3n) is 4.02. The lowest BCUT2D eigenvalue weighted by Gasteiger charge is -2.33. The lowest BCUT2D eigenvalue weighted by molar-refractivity contribution is -0.0495. The predicted molar refractivity (Wildman–Crippen MR) is 73.1 cm³/mol. The zero-order chi connectivity index (χ0) is 14.8. The molecule has 0 aromatic heterocycles. The summed E-state index contributed by atoms with van der Waals surface area (Å²) in [6.07, 6.45) is 0.870. The number of benzene rings is 1. The van der Waals surface area contributed by atoms with Crippen molar-refractivity contribution in [3.63, 3.8) is 0 Å². The molecule has 2 rings (SSSR count). The zero-order valence-electron chi connectivity index (χ0n) is 11.0. The van der Waals surface area contributed by atoms with Crippen molar-refractivity contribution < 1.29 is 13.2 Å². The van der Waals surface area contributed by atoms with Crippen LogP contribution < -0.4 is 11.3 Å². The van der Waals surface area contributed by atoms with Crippen molar-refractivity contribution >= 4 is 11.6 Å². The van der Waals surface area contributed by atoms with E-state index >= 15 is 0 Å². The van der Waals surface area contributed by atoms with Crippen LogP contribution in [0.2, 0.25) is 5.02 Å². The van der Waals surface area contributed by atoms with Crippen LogP contribution in [0.25, 0.3) is 0 Å². The molecule has 3 N–H and O–H groups in total. The normalized spacial score (nSPS) is 20.9. The first-order valence-corrected chi connectivity index (χ1v) is 7.07. The molecule has 20 heavy (non-hydrogen) atoms. The number of hydrazine groups is 1. The third-order valence-corrected chi connectivity index (χ3v) is 4.31. The Labute approximate surface area is 121 Å². The summed E-state index contributed by atoms with van der Waals surface area (Å²) in [5.41, 5.74) is 3.10. The fraction of sp³-hybridized carbons (Fsp3) is 0.571. The fourth-order valence-electron chi connectivity index (χ4n) is 2.77. The van der Waals surface area contributed by atoms with Gasteiger partial charge in [-0.05, 0) is 36.8 Å². The Morgan fingerprint density at radius 2 is 2.00 bits per heavy atom. The molecular formula is C14H18ClF3N2. The quantitative estimate of drug-likeness (QED) is 0.658. The maximum atomic E-state index is 13.9. The van der Waals surface area contributed by atoms with Gasteiger partial charge in [0.25, 0.3) is 0 Å². The number of halogens is 4. The standard InChI is InChI=1S/C14H18ClF3N2/c15-11-3-1-2-10(13(11)16)8-12(20-19)9-4-6-14(17,18)7-5-9/h1-3,9,12,20H,4-8,19H2. The molecule has 112 valence electrons. The fourth-order valence-corrected chi connectivity index (χ4v) is 2.96. The number of alkyl halides is 2. The van der Waals surface area contributed by atoms with Gasteiger partial charge in [-0.2, -0.15) is 0 Å². The van der Waals surface area contributed by atoms with Crippen molar-refractivity contribution in [3.8, 4) is 0 Å². The average molecular weight is 307 g/mol. The Morgan fingerprint density at radius 1 is 1.35 bits per heavy atom. The van der Waals surface area contributed by atoms with Gasteiger partial charge in [0, 0.05) is 18.9 Å². The average Bonchev–Trinajstić information content (AvgIpc) is 2.41. The second-order valence-corrected chi connectivity index (χ2v) is 5.79. The molecule has 1 atom stereocenters. The largest absolute Gasteiger partial charge is 0.271 e. The smallest absolute Gasteiger partial charge is 0.248 e. The van der Waals surface area contributed by atoms with Gasteiger partial charge in [-0.3, -0.25) is 11.3 Å². The van der Waals surface area contributed by atoms with E-state index < -0.39 is 11.7 Å². The lowest BCUT2D eigenvalue weighted by Crippen LogP contribution is -2.45. The number of nitrogens with two attached hydrogens (primary N) is 1. The summed E-state index contributed by atoms with van der Waals surface area (Å²) >= 11 is 5.74. The highest BCUT2D eigenvalue weighted by molar-refractivity contribution is 6.30. The van der Waals surface area contributed by atoms with Gasteiger partial charge in [0.1, 0.15) is 5.82 Å². The van der Waals surface area contributed by atoms with Gasteiger partial charge in [0.2, 0.25) is 5.92 Å². The maximum absolute atomic E-state index is 13.9. The molecular weight excluding hydrogens is 289 g/mol. The molecule has 6 heteroatoms. The van der Waals surface area contributed by atoms with Crippen LogP contribution in [-0.2, 0) is 6.42 Å². The van der Waals surface area contributed by atoms with E-state index in [4.69, 9.17) is 17.4 Å². The number of nitrogens with one attached hydrogen (secondary N) is 1. The van der Waals surface area contributed by atoms with Crippen LogP contribution in [0.1, 0.15) is 31.2 Å². The summed E-state index contributed by atoms with van der Waals surface area (Å²) in [4.78, 5) is 0. The van der Waals surface area contributed by atoms with Crippen molar-refractivity contribution in [2.24, 2.45) is 11.8 Å². The molecule has 0 amide bonds. The van der Waals surface area contributed by atoms with Crippen LogP contribution >= 0.6 is 11.6 Å². The van der Waals surface area contributed by atoms with Gasteiger partial charge >= 0.3 is 0 Å². The summed E-state index contributed by atoms with van der Waals surface area (Å²) < 4.78 is 40.2. The van der Waals surface area contributed by atoms with Gasteiger partial charge < -0.3 is 0 Å². The van der Waals surface area contributed by atoms with E-state index in [2.05, 4.69) is 5.43 Å². The van der Waals surface area contributed by atoms with Crippen molar-refractivity contribution in [2.45, 2.75) is 44.1 Å². The molecule has 1 fully saturated rings. The van der Waals surface area contributed by atoms with Crippen LogP contribution in [0.5, 0.6) is 0 Å². The molecule has 0 bridgehead atoms. The first-order chi connectivity index (χ1) is 9.43. The Kier molecular flexibility index (Phi) is 4.94. The molecule has 1 aliphatic rings. The summed E-state index contributed by atoms with van der Waals surface area (Å²) in [5, 5.41) is 0.0634. The SMILES string of the molecule is NNC(Cc1cccc(Cl)c1F)C1CCC(F)(F)CC1. The highest BCUT2D eigenvalue weighted by Crippen LogP contribution is 2.38. The minimum atomic E-state index is -2.57. The van der Waals surface area contributed by atoms with Gasteiger partial charge in [0.05, 0.1) is 5.02 Å². The van der Waals surface area contributed by atoms with Gasteiger partial charge in [-0.25, -0.2) is 13.2 Å². The highest BCUT2D eigenvalue weighted by atomic mass is 35.5. The number of hydrogen-bond donors (Lipinski definition) is 2. The van der Waals surface area contributed by atoms with Crippen LogP contribution in [0, 0.1) is 11.7 Å². The minimum absolute atomic E-state index is 0.0259. The van der Waals surface area contributed by atoms with Crippen molar-refractivity contribution in [2.75, 3.05) is 0 Å². The Hall–Kier alpha value is -0.780. The number of rotatable bonds is 4. The first kappa shape index (κ1) is 15.6. The summed E-state index contributed by atoms with van der Waals surface area (Å²) in [6, 6.07) is 4.57. The Balaban J connectivity index is 2.04. The zero-order valence-corrected chi connectivity index (χ0v) is 11.8. The molecule has 0 spiro atoms. The molecule has 1 aliphatic carbocycles. The first-order valence-electron chi connectivity index (χ1n) is 6.70. The Morgan fingerprint density at radius 3 is 2.60 bits per heavy atom. The maximum Gasteiger partial charge on any atom is 0.248 e. The van der Waals surface area contributed by atoms with Gasteiger partial charge in [-0.1, -0.05) is 23.7 Å². The second-order valence-electron chi connectivity index (χ2n) is 5.38. The van der Waals surface area contributed by atoms with Crippen molar-refractivity contribution in [1.29, 1.82) is 0 Å². The van der Waals surface area contributed by atoms with E-state index in [1.54, 1.807) is 12.1 Å². The van der Waals surface area contributed by atoms with Gasteiger partial charge in [0.15, 0.2) is 0 Å². The van der Waals surface area contributed by atoms with Crippen LogP contribution in [0.15, 0.2) is 18.2 Å². The summed E-state index contributed by atoms with van der Waals surface area (Å²) in [5.74, 6) is 2.51. The van der Waals surface area contributed by atoms with Gasteiger partial charge in [-0.15, -0.1) is 0 Å². The van der Waals surface area contributed by atoms with Crippen molar-refractivity contribution in [1.82, 2.24) is 5.43 Å². The van der Waals surface area contributed by atoms with E-state index in [1.807, 2.05) is 0 Å². The minimum Gasteiger partial charge on any atom is -0.271 e. The summed E-state index contributed by atoms with van der Waals surface area (Å²) in [6.45, 7) is 0. The van der Waals surface area contributed by atoms with E-state index in [-0.39, 0.29) is 29.8 Å². The van der Waals surface area contributed by atoms with Crippen LogP contribution in [-0.4, -0.2) is 12.0 Å². The topological polar surface area (TPSA) is 38.0 Å². The second kappa shape index (κ2) is 6.33. The van der Waals surface area contributed by atoms with Crippen LogP contribution in [0.4, 0.5) is 13.2 Å². The van der Waals surface area contributed by atoms with E-state index in [0.29, 0.717) is 24.8 Å². The molecule has 0 aliphatic heterocycles. The van der Waals surface area contributed by atoms with E-state index in [9.17, 15) is 13.2 Å². The highest BCUT2D eigenvalue weighted by Gasteiger charge is 2.37. The van der Waals surface area contributed by atoms with Crippen LogP contribution in [0.3, 0.4) is 0 Å². The molecule has 1 aromatic rings. The Bertz CT molecular complexity index is 458. The molecule has 1 aromatic carbocycles. The molecule has 1 unspecified atom stereocenters. The predicted octanol–water partition coefficient (Wildman–Crippen LogP) is 3.68. The molecule has 0 saturated heterocycles. The summed E-state index contributed by atoms with van der Waals surface area (Å²) in [7, 11) is 0. The number of hydrogen-bond acceptors (Lipinski definition) is 2.